The minimum Gasteiger partial charge on any atom is -0.147 e. The number of hydrogen-bond acceptors (Lipinski definition) is 0. The molecule has 1 saturated carbocycles. The molecule has 0 aromatic rings. The van der Waals surface area contributed by atoms with Gasteiger partial charge in [0.25, 0.3) is 0 Å². The van der Waals surface area contributed by atoms with Gasteiger partial charge in [0, 0.05) is 0 Å². The molecule has 0 aromatic carbocycles. The van der Waals surface area contributed by atoms with Gasteiger partial charge in [-0.2, -0.15) is 0 Å². The normalized spacial score (nSPS) is 23.2. The minimum absolute atomic E-state index is 0. The van der Waals surface area contributed by atoms with Gasteiger partial charge in [0.15, 0.2) is 0 Å². The molecule has 0 heterocycles. The summed E-state index contributed by atoms with van der Waals surface area (Å²) >= 11 is -0.428. The number of rotatable bonds is 3. The van der Waals surface area contributed by atoms with Crippen LogP contribution in [-0.4, -0.2) is 0 Å². The molecule has 21 heavy (non-hydrogen) atoms. The van der Waals surface area contributed by atoms with E-state index in [0.29, 0.717) is 5.41 Å². The predicted molar refractivity (Wildman–Crippen MR) is 92.9 cm³/mol. The van der Waals surface area contributed by atoms with Gasteiger partial charge in [0.2, 0.25) is 0 Å². The summed E-state index contributed by atoms with van der Waals surface area (Å²) in [7, 11) is 0. The van der Waals surface area contributed by atoms with E-state index in [1.54, 1.807) is 12.1 Å². The van der Waals surface area contributed by atoms with Crippen molar-refractivity contribution in [1.29, 1.82) is 0 Å². The number of halogens is 2. The third-order valence-electron chi connectivity index (χ3n) is 4.87. The van der Waals surface area contributed by atoms with Crippen molar-refractivity contribution in [3.8, 4) is 0 Å². The van der Waals surface area contributed by atoms with E-state index >= 15 is 0 Å². The SMILES string of the molecule is CC1(C2=CC[C]([Zr][C]3=CC=CC3)=C2)CCCCCC1.Cl.Cl. The predicted octanol–water partition coefficient (Wildman–Crippen LogP) is 6.33. The van der Waals surface area contributed by atoms with Gasteiger partial charge < -0.3 is 0 Å². The zero-order chi connectivity index (χ0) is 13.1. The summed E-state index contributed by atoms with van der Waals surface area (Å²) in [5, 5.41) is 0. The largest absolute Gasteiger partial charge is 0.147 e. The van der Waals surface area contributed by atoms with Crippen LogP contribution >= 0.6 is 24.8 Å². The van der Waals surface area contributed by atoms with Crippen LogP contribution in [0.1, 0.15) is 58.3 Å². The van der Waals surface area contributed by atoms with Gasteiger partial charge in [-0.15, -0.1) is 24.8 Å². The quantitative estimate of drug-likeness (QED) is 0.482. The van der Waals surface area contributed by atoms with Crippen molar-refractivity contribution in [3.05, 3.63) is 42.5 Å². The summed E-state index contributed by atoms with van der Waals surface area (Å²) < 4.78 is 3.56. The summed E-state index contributed by atoms with van der Waals surface area (Å²) in [6.45, 7) is 2.52. The van der Waals surface area contributed by atoms with Crippen molar-refractivity contribution in [2.75, 3.05) is 0 Å². The molecule has 0 radical (unpaired) electrons. The summed E-state index contributed by atoms with van der Waals surface area (Å²) in [6.07, 6.45) is 23.2. The summed E-state index contributed by atoms with van der Waals surface area (Å²) in [6, 6.07) is 0. The van der Waals surface area contributed by atoms with E-state index in [1.807, 2.05) is 0 Å². The zero-order valence-electron chi connectivity index (χ0n) is 12.9. The van der Waals surface area contributed by atoms with Crippen molar-refractivity contribution in [2.45, 2.75) is 58.3 Å². The minimum atomic E-state index is -0.428. The molecule has 1 fully saturated rings. The van der Waals surface area contributed by atoms with Crippen LogP contribution < -0.4 is 0 Å². The third-order valence-corrected chi connectivity index (χ3v) is 8.21. The number of hydrogen-bond donors (Lipinski definition) is 0. The van der Waals surface area contributed by atoms with Gasteiger partial charge in [-0.25, -0.2) is 0 Å². The van der Waals surface area contributed by atoms with Gasteiger partial charge in [-0.1, -0.05) is 0 Å². The summed E-state index contributed by atoms with van der Waals surface area (Å²) in [5.74, 6) is 0. The van der Waals surface area contributed by atoms with Crippen LogP contribution in [0.15, 0.2) is 42.5 Å². The van der Waals surface area contributed by atoms with Crippen molar-refractivity contribution in [1.82, 2.24) is 0 Å². The number of allylic oxidation sites excluding steroid dienone is 8. The molecule has 0 unspecified atom stereocenters. The first kappa shape index (κ1) is 19.5. The molecular weight excluding hydrogens is 378 g/mol. The van der Waals surface area contributed by atoms with Gasteiger partial charge >= 0.3 is 129 Å². The van der Waals surface area contributed by atoms with Crippen molar-refractivity contribution >= 4 is 24.8 Å². The van der Waals surface area contributed by atoms with Crippen molar-refractivity contribution in [2.24, 2.45) is 5.41 Å². The smallest absolute Gasteiger partial charge is 0.147 e. The second-order valence-corrected chi connectivity index (χ2v) is 10.2. The molecule has 3 rings (SSSR count). The van der Waals surface area contributed by atoms with Crippen LogP contribution in [0.4, 0.5) is 0 Å². The van der Waals surface area contributed by atoms with Crippen LogP contribution in [0.2, 0.25) is 0 Å². The van der Waals surface area contributed by atoms with Crippen LogP contribution in [0.3, 0.4) is 0 Å². The fourth-order valence-electron chi connectivity index (χ4n) is 3.58. The second kappa shape index (κ2) is 8.90. The topological polar surface area (TPSA) is 0 Å². The van der Waals surface area contributed by atoms with E-state index in [9.17, 15) is 0 Å². The zero-order valence-corrected chi connectivity index (χ0v) is 17.0. The maximum absolute atomic E-state index is 2.61. The molecule has 3 aliphatic carbocycles. The average Bonchev–Trinajstić information content (AvgIpc) is 3.02. The first-order chi connectivity index (χ1) is 9.26. The molecule has 0 bridgehead atoms. The van der Waals surface area contributed by atoms with Crippen LogP contribution in [0.25, 0.3) is 0 Å². The van der Waals surface area contributed by atoms with E-state index in [1.165, 1.54) is 51.4 Å². The Morgan fingerprint density at radius 3 is 2.29 bits per heavy atom. The van der Waals surface area contributed by atoms with E-state index in [0.717, 1.165) is 0 Å². The summed E-state index contributed by atoms with van der Waals surface area (Å²) in [5.41, 5.74) is 2.19. The van der Waals surface area contributed by atoms with Gasteiger partial charge in [0.05, 0.1) is 0 Å². The van der Waals surface area contributed by atoms with E-state index in [-0.39, 0.29) is 24.8 Å². The fourth-order valence-corrected chi connectivity index (χ4v) is 6.63. The molecule has 0 N–H and O–H groups in total. The molecule has 0 aliphatic heterocycles. The van der Waals surface area contributed by atoms with Crippen LogP contribution in [0, 0.1) is 5.41 Å². The molecule has 3 heteroatoms. The van der Waals surface area contributed by atoms with Crippen molar-refractivity contribution < 1.29 is 23.2 Å². The summed E-state index contributed by atoms with van der Waals surface area (Å²) in [4.78, 5) is 0. The Labute approximate surface area is 153 Å². The van der Waals surface area contributed by atoms with Gasteiger partial charge in [-0.05, 0) is 0 Å². The molecule has 0 amide bonds. The molecule has 0 saturated heterocycles. The standard InChI is InChI=1S/C13H19.C5H5.2ClH.Zr/c1-13(12-8-4-5-9-12)10-6-2-3-7-11-13;1-2-4-5-3-1;;;/h8-9H,2-4,6-7,10-11H2,1H3;1-3H,4H2;2*1H;. The molecule has 0 aromatic heterocycles. The van der Waals surface area contributed by atoms with Crippen LogP contribution in [0.5, 0.6) is 0 Å². The Balaban J connectivity index is 0.00000110. The first-order valence-electron chi connectivity index (χ1n) is 7.80. The third kappa shape index (κ3) is 4.95. The maximum Gasteiger partial charge on any atom is -0.147 e. The Kier molecular flexibility index (Phi) is 8.25. The van der Waals surface area contributed by atoms with E-state index < -0.39 is 23.2 Å². The molecule has 116 valence electrons. The Hall–Kier alpha value is 0.423. The maximum atomic E-state index is 2.61. The molecule has 0 atom stereocenters. The van der Waals surface area contributed by atoms with Gasteiger partial charge in [0.1, 0.15) is 0 Å². The molecule has 0 spiro atoms. The Bertz CT molecular complexity index is 464. The molecular formula is C18H26Cl2Zr. The van der Waals surface area contributed by atoms with E-state index in [4.69, 9.17) is 0 Å². The van der Waals surface area contributed by atoms with Gasteiger partial charge in [-0.3, -0.25) is 0 Å². The van der Waals surface area contributed by atoms with Crippen LogP contribution in [-0.2, 0) is 23.2 Å². The van der Waals surface area contributed by atoms with Crippen molar-refractivity contribution in [3.63, 3.8) is 0 Å². The Morgan fingerprint density at radius 1 is 0.952 bits per heavy atom. The monoisotopic (exact) mass is 402 g/mol. The first-order valence-corrected chi connectivity index (χ1v) is 10.3. The second-order valence-electron chi connectivity index (χ2n) is 6.46. The molecule has 3 aliphatic rings. The average molecular weight is 405 g/mol. The Morgan fingerprint density at radius 2 is 1.67 bits per heavy atom. The molecule has 0 nitrogen and oxygen atoms in total. The fraction of sp³-hybridized carbons (Fsp3) is 0.556. The van der Waals surface area contributed by atoms with E-state index in [2.05, 4.69) is 37.3 Å².